The van der Waals surface area contributed by atoms with Gasteiger partial charge >= 0.3 is 0 Å². The molecule has 1 heterocycles. The van der Waals surface area contributed by atoms with Gasteiger partial charge in [-0.1, -0.05) is 40.9 Å². The summed E-state index contributed by atoms with van der Waals surface area (Å²) in [6.07, 6.45) is 0. The summed E-state index contributed by atoms with van der Waals surface area (Å²) in [5.41, 5.74) is 2.03. The molecule has 0 unspecified atom stereocenters. The Bertz CT molecular complexity index is 1320. The van der Waals surface area contributed by atoms with Crippen LogP contribution in [0.5, 0.6) is 0 Å². The highest BCUT2D eigenvalue weighted by Gasteiger charge is 2.23. The third-order valence-electron chi connectivity index (χ3n) is 4.64. The lowest BCUT2D eigenvalue weighted by Gasteiger charge is -2.18. The van der Waals surface area contributed by atoms with Crippen molar-refractivity contribution in [3.05, 3.63) is 73.2 Å². The molecule has 1 aromatic heterocycles. The summed E-state index contributed by atoms with van der Waals surface area (Å²) in [5, 5.41) is 0.521. The van der Waals surface area contributed by atoms with Crippen LogP contribution in [0.4, 0.5) is 0 Å². The summed E-state index contributed by atoms with van der Waals surface area (Å²) in [6.45, 7) is 6.73. The fourth-order valence-corrected chi connectivity index (χ4v) is 4.32. The number of benzene rings is 2. The summed E-state index contributed by atoms with van der Waals surface area (Å²) >= 11 is 12.5. The zero-order valence-electron chi connectivity index (χ0n) is 16.1. The summed E-state index contributed by atoms with van der Waals surface area (Å²) in [5.74, 6) is 0.297. The Morgan fingerprint density at radius 1 is 1.03 bits per heavy atom. The average Bonchev–Trinajstić information content (AvgIpc) is 2.63. The molecule has 0 amide bonds. The summed E-state index contributed by atoms with van der Waals surface area (Å²) in [4.78, 5) is 17.4. The Hall–Kier alpha value is -2.19. The number of aryl methyl sites for hydroxylation is 3. The maximum atomic E-state index is 13.3. The zero-order chi connectivity index (χ0) is 21.7. The number of halogens is 2. The highest BCUT2D eigenvalue weighted by molar-refractivity contribution is 7.86. The van der Waals surface area contributed by atoms with Gasteiger partial charge in [0, 0.05) is 11.1 Å². The van der Waals surface area contributed by atoms with Crippen LogP contribution in [0.15, 0.2) is 40.0 Å². The molecule has 2 aromatic carbocycles. The van der Waals surface area contributed by atoms with Crippen LogP contribution in [0.3, 0.4) is 0 Å². The van der Waals surface area contributed by atoms with Crippen molar-refractivity contribution in [1.29, 1.82) is 0 Å². The van der Waals surface area contributed by atoms with Crippen LogP contribution >= 0.6 is 23.2 Å². The summed E-state index contributed by atoms with van der Waals surface area (Å²) in [6, 6.07) is 7.81. The van der Waals surface area contributed by atoms with Crippen molar-refractivity contribution in [2.24, 2.45) is 0 Å². The first kappa shape index (κ1) is 21.5. The zero-order valence-corrected chi connectivity index (χ0v) is 18.4. The Kier molecular flexibility index (Phi) is 5.62. The van der Waals surface area contributed by atoms with E-state index in [9.17, 15) is 17.8 Å². The van der Waals surface area contributed by atoms with Gasteiger partial charge in [-0.15, -0.1) is 0 Å². The number of nitrogens with zero attached hydrogens (tertiary/aromatic N) is 2. The van der Waals surface area contributed by atoms with Crippen molar-refractivity contribution in [2.45, 2.75) is 32.6 Å². The van der Waals surface area contributed by atoms with E-state index in [1.165, 1.54) is 10.6 Å². The maximum absolute atomic E-state index is 13.3. The standard InChI is InChI=1S/C20H18Cl2N2O4S/c1-10-5-8-16(29(26,27)28)14(9-10)18-12(3)20(25)24(13(4)23-18)19-11(2)6-7-15(21)17(19)22/h5-9H,1-4H3,(H,26,27,28). The largest absolute Gasteiger partial charge is 0.295 e. The predicted molar refractivity (Wildman–Crippen MR) is 114 cm³/mol. The quantitative estimate of drug-likeness (QED) is 0.582. The minimum atomic E-state index is -4.51. The summed E-state index contributed by atoms with van der Waals surface area (Å²) < 4.78 is 34.7. The summed E-state index contributed by atoms with van der Waals surface area (Å²) in [7, 11) is -4.51. The molecule has 0 bridgehead atoms. The smallest absolute Gasteiger partial charge is 0.282 e. The maximum Gasteiger partial charge on any atom is 0.295 e. The normalized spacial score (nSPS) is 11.7. The average molecular weight is 453 g/mol. The first-order valence-electron chi connectivity index (χ1n) is 8.57. The van der Waals surface area contributed by atoms with Gasteiger partial charge in [0.15, 0.2) is 0 Å². The molecular weight excluding hydrogens is 435 g/mol. The van der Waals surface area contributed by atoms with Crippen LogP contribution < -0.4 is 5.56 Å². The van der Waals surface area contributed by atoms with Crippen LogP contribution in [0, 0.1) is 27.7 Å². The molecule has 0 atom stereocenters. The van der Waals surface area contributed by atoms with Crippen LogP contribution in [-0.2, 0) is 10.1 Å². The van der Waals surface area contributed by atoms with Gasteiger partial charge in [-0.25, -0.2) is 4.98 Å². The Morgan fingerprint density at radius 2 is 1.69 bits per heavy atom. The van der Waals surface area contributed by atoms with E-state index in [4.69, 9.17) is 23.2 Å². The molecule has 3 rings (SSSR count). The minimum absolute atomic E-state index is 0.159. The molecule has 3 aromatic rings. The van der Waals surface area contributed by atoms with E-state index >= 15 is 0 Å². The second kappa shape index (κ2) is 7.57. The molecule has 0 spiro atoms. The van der Waals surface area contributed by atoms with Gasteiger partial charge in [0.25, 0.3) is 15.7 Å². The van der Waals surface area contributed by atoms with Gasteiger partial charge in [-0.3, -0.25) is 13.9 Å². The molecule has 0 fully saturated rings. The highest BCUT2D eigenvalue weighted by atomic mass is 35.5. The molecule has 0 radical (unpaired) electrons. The van der Waals surface area contributed by atoms with Crippen LogP contribution in [0.1, 0.15) is 22.5 Å². The van der Waals surface area contributed by atoms with E-state index < -0.39 is 15.7 Å². The van der Waals surface area contributed by atoms with Gasteiger partial charge in [0.05, 0.1) is 21.4 Å². The molecule has 1 N–H and O–H groups in total. The first-order valence-corrected chi connectivity index (χ1v) is 10.8. The molecule has 0 aliphatic rings. The molecule has 152 valence electrons. The van der Waals surface area contributed by atoms with Gasteiger partial charge in [-0.05, 0) is 51.5 Å². The number of hydrogen-bond donors (Lipinski definition) is 1. The Balaban J connectivity index is 2.40. The fraction of sp³-hybridized carbons (Fsp3) is 0.200. The second-order valence-corrected chi connectivity index (χ2v) is 8.95. The van der Waals surface area contributed by atoms with Crippen molar-refractivity contribution in [3.8, 4) is 16.9 Å². The molecule has 0 saturated carbocycles. The number of rotatable bonds is 3. The lowest BCUT2D eigenvalue weighted by Crippen LogP contribution is -2.26. The number of hydrogen-bond acceptors (Lipinski definition) is 4. The van der Waals surface area contributed by atoms with E-state index in [2.05, 4.69) is 4.98 Å². The van der Waals surface area contributed by atoms with Crippen molar-refractivity contribution >= 4 is 33.3 Å². The van der Waals surface area contributed by atoms with E-state index in [0.717, 1.165) is 11.1 Å². The van der Waals surface area contributed by atoms with Gasteiger partial charge in [-0.2, -0.15) is 8.42 Å². The molecular formula is C20H18Cl2N2O4S. The Morgan fingerprint density at radius 3 is 2.31 bits per heavy atom. The minimum Gasteiger partial charge on any atom is -0.282 e. The second-order valence-electron chi connectivity index (χ2n) is 6.77. The van der Waals surface area contributed by atoms with Gasteiger partial charge < -0.3 is 0 Å². The van der Waals surface area contributed by atoms with Crippen molar-refractivity contribution < 1.29 is 13.0 Å². The predicted octanol–water partition coefficient (Wildman–Crippen LogP) is 4.69. The first-order chi connectivity index (χ1) is 13.4. The SMILES string of the molecule is Cc1ccc(S(=O)(=O)O)c(-c2nc(C)n(-c3c(C)ccc(Cl)c3Cl)c(=O)c2C)c1. The molecule has 29 heavy (non-hydrogen) atoms. The molecule has 9 heteroatoms. The third-order valence-corrected chi connectivity index (χ3v) is 6.34. The lowest BCUT2D eigenvalue weighted by molar-refractivity contribution is 0.483. The van der Waals surface area contributed by atoms with Crippen LogP contribution in [0.2, 0.25) is 10.0 Å². The van der Waals surface area contributed by atoms with Crippen molar-refractivity contribution in [1.82, 2.24) is 9.55 Å². The van der Waals surface area contributed by atoms with Gasteiger partial charge in [0.2, 0.25) is 0 Å². The molecule has 0 aliphatic heterocycles. The van der Waals surface area contributed by atoms with Crippen molar-refractivity contribution in [3.63, 3.8) is 0 Å². The van der Waals surface area contributed by atoms with Crippen molar-refractivity contribution in [2.75, 3.05) is 0 Å². The molecule has 0 saturated heterocycles. The third kappa shape index (κ3) is 3.83. The monoisotopic (exact) mass is 452 g/mol. The molecule has 0 aliphatic carbocycles. The topological polar surface area (TPSA) is 89.3 Å². The van der Waals surface area contributed by atoms with Gasteiger partial charge in [0.1, 0.15) is 10.7 Å². The van der Waals surface area contributed by atoms with E-state index in [1.54, 1.807) is 52.0 Å². The fourth-order valence-electron chi connectivity index (χ4n) is 3.20. The van der Waals surface area contributed by atoms with E-state index in [0.29, 0.717) is 16.5 Å². The Labute approximate surface area is 178 Å². The highest BCUT2D eigenvalue weighted by Crippen LogP contribution is 2.33. The number of aromatic nitrogens is 2. The van der Waals surface area contributed by atoms with E-state index in [1.807, 2.05) is 0 Å². The molecule has 6 nitrogen and oxygen atoms in total. The van der Waals surface area contributed by atoms with Crippen LogP contribution in [0.25, 0.3) is 16.9 Å². The van der Waals surface area contributed by atoms with E-state index in [-0.39, 0.29) is 26.7 Å². The lowest BCUT2D eigenvalue weighted by atomic mass is 10.0. The van der Waals surface area contributed by atoms with Crippen LogP contribution in [-0.4, -0.2) is 22.5 Å².